The van der Waals surface area contributed by atoms with Gasteiger partial charge in [0, 0.05) is 18.1 Å². The Labute approximate surface area is 120 Å². The Morgan fingerprint density at radius 2 is 1.68 bits per heavy atom. The van der Waals surface area contributed by atoms with Crippen LogP contribution in [-0.2, 0) is 0 Å². The Kier molecular flexibility index (Phi) is 5.70. The molecule has 2 fully saturated rings. The first-order valence-corrected chi connectivity index (χ1v) is 8.53. The lowest BCUT2D eigenvalue weighted by Crippen LogP contribution is -2.45. The quantitative estimate of drug-likeness (QED) is 0.839. The zero-order valence-electron chi connectivity index (χ0n) is 13.3. The van der Waals surface area contributed by atoms with E-state index in [-0.39, 0.29) is 0 Å². The molecule has 0 bridgehead atoms. The van der Waals surface area contributed by atoms with Gasteiger partial charge in [-0.3, -0.25) is 0 Å². The maximum Gasteiger partial charge on any atom is 0.00977 e. The summed E-state index contributed by atoms with van der Waals surface area (Å²) in [6.07, 6.45) is 12.3. The topological polar surface area (TPSA) is 29.3 Å². The molecule has 0 aromatic carbocycles. The lowest BCUT2D eigenvalue weighted by Gasteiger charge is -2.42. The van der Waals surface area contributed by atoms with Gasteiger partial charge in [-0.2, -0.15) is 0 Å². The molecule has 0 amide bonds. The highest BCUT2D eigenvalue weighted by atomic mass is 15.2. The smallest absolute Gasteiger partial charge is 0.00977 e. The van der Waals surface area contributed by atoms with Crippen molar-refractivity contribution in [3.05, 3.63) is 0 Å². The van der Waals surface area contributed by atoms with Gasteiger partial charge < -0.3 is 10.6 Å². The molecule has 0 spiro atoms. The third-order valence-corrected chi connectivity index (χ3v) is 5.45. The summed E-state index contributed by atoms with van der Waals surface area (Å²) in [7, 11) is 2.38. The zero-order chi connectivity index (χ0) is 13.8. The van der Waals surface area contributed by atoms with Crippen LogP contribution in [0.2, 0.25) is 0 Å². The molecule has 0 aromatic rings. The van der Waals surface area contributed by atoms with Crippen LogP contribution >= 0.6 is 0 Å². The van der Waals surface area contributed by atoms with Gasteiger partial charge in [-0.1, -0.05) is 26.7 Å². The van der Waals surface area contributed by atoms with E-state index < -0.39 is 0 Å². The van der Waals surface area contributed by atoms with Gasteiger partial charge in [-0.05, 0) is 63.8 Å². The Bertz CT molecular complexity index is 256. The first-order chi connectivity index (χ1) is 9.06. The van der Waals surface area contributed by atoms with Gasteiger partial charge in [0.2, 0.25) is 0 Å². The van der Waals surface area contributed by atoms with Gasteiger partial charge in [0.25, 0.3) is 0 Å². The summed E-state index contributed by atoms with van der Waals surface area (Å²) < 4.78 is 0. The molecule has 2 aliphatic carbocycles. The fourth-order valence-corrected chi connectivity index (χ4v) is 4.32. The average Bonchev–Trinajstić information content (AvgIpc) is 2.38. The molecule has 2 saturated carbocycles. The minimum absolute atomic E-state index is 0.477. The summed E-state index contributed by atoms with van der Waals surface area (Å²) in [6.45, 7) is 4.74. The monoisotopic (exact) mass is 266 g/mol. The third-order valence-electron chi connectivity index (χ3n) is 5.45. The van der Waals surface area contributed by atoms with Crippen LogP contribution in [0.4, 0.5) is 0 Å². The van der Waals surface area contributed by atoms with E-state index in [9.17, 15) is 0 Å². The molecule has 2 heteroatoms. The van der Waals surface area contributed by atoms with Crippen molar-refractivity contribution in [3.63, 3.8) is 0 Å². The van der Waals surface area contributed by atoms with Gasteiger partial charge in [-0.15, -0.1) is 0 Å². The summed E-state index contributed by atoms with van der Waals surface area (Å²) in [5, 5.41) is 0. The zero-order valence-corrected chi connectivity index (χ0v) is 13.3. The molecule has 2 nitrogen and oxygen atoms in total. The van der Waals surface area contributed by atoms with Crippen molar-refractivity contribution in [2.24, 2.45) is 17.6 Å². The molecule has 2 unspecified atom stereocenters. The number of hydrogen-bond acceptors (Lipinski definition) is 2. The Hall–Kier alpha value is -0.0800. The Balaban J connectivity index is 1.82. The number of nitrogens with two attached hydrogens (primary N) is 1. The van der Waals surface area contributed by atoms with Crippen molar-refractivity contribution in [1.29, 1.82) is 0 Å². The lowest BCUT2D eigenvalue weighted by molar-refractivity contribution is 0.0850. The number of hydrogen-bond donors (Lipinski definition) is 1. The molecule has 2 atom stereocenters. The molecule has 0 saturated heterocycles. The highest BCUT2D eigenvalue weighted by molar-refractivity contribution is 4.86. The molecule has 2 rings (SSSR count). The first-order valence-electron chi connectivity index (χ1n) is 8.53. The van der Waals surface area contributed by atoms with Crippen molar-refractivity contribution >= 4 is 0 Å². The van der Waals surface area contributed by atoms with E-state index in [2.05, 4.69) is 25.8 Å². The molecule has 0 aromatic heterocycles. The number of nitrogens with zero attached hydrogens (tertiary/aromatic N) is 1. The van der Waals surface area contributed by atoms with Crippen molar-refractivity contribution in [2.75, 3.05) is 7.05 Å². The van der Waals surface area contributed by atoms with E-state index >= 15 is 0 Å². The molecule has 2 aliphatic rings. The van der Waals surface area contributed by atoms with E-state index in [1.54, 1.807) is 0 Å². The van der Waals surface area contributed by atoms with Crippen molar-refractivity contribution in [2.45, 2.75) is 89.8 Å². The maximum atomic E-state index is 6.03. The molecular weight excluding hydrogens is 232 g/mol. The summed E-state index contributed by atoms with van der Waals surface area (Å²) >= 11 is 0. The predicted molar refractivity (Wildman–Crippen MR) is 83.2 cm³/mol. The summed E-state index contributed by atoms with van der Waals surface area (Å²) in [5.74, 6) is 1.84. The second-order valence-electron chi connectivity index (χ2n) is 7.55. The van der Waals surface area contributed by atoms with Gasteiger partial charge in [0.05, 0.1) is 0 Å². The normalized spacial score (nSPS) is 36.9. The van der Waals surface area contributed by atoms with Crippen molar-refractivity contribution in [3.8, 4) is 0 Å². The van der Waals surface area contributed by atoms with Crippen molar-refractivity contribution in [1.82, 2.24) is 4.90 Å². The molecule has 112 valence electrons. The maximum absolute atomic E-state index is 6.03. The Morgan fingerprint density at radius 3 is 2.32 bits per heavy atom. The molecule has 0 radical (unpaired) electrons. The van der Waals surface area contributed by atoms with Crippen LogP contribution < -0.4 is 5.73 Å². The third kappa shape index (κ3) is 4.46. The predicted octanol–water partition coefficient (Wildman–Crippen LogP) is 3.79. The van der Waals surface area contributed by atoms with Crippen LogP contribution in [-0.4, -0.2) is 30.1 Å². The van der Waals surface area contributed by atoms with Crippen LogP contribution in [0, 0.1) is 11.8 Å². The van der Waals surface area contributed by atoms with E-state index in [1.165, 1.54) is 57.8 Å². The molecule has 0 aliphatic heterocycles. The largest absolute Gasteiger partial charge is 0.328 e. The summed E-state index contributed by atoms with van der Waals surface area (Å²) in [4.78, 5) is 2.72. The van der Waals surface area contributed by atoms with E-state index in [0.717, 1.165) is 23.9 Å². The molecular formula is C17H34N2. The van der Waals surface area contributed by atoms with Crippen LogP contribution in [0.5, 0.6) is 0 Å². The van der Waals surface area contributed by atoms with Crippen LogP contribution in [0.3, 0.4) is 0 Å². The summed E-state index contributed by atoms with van der Waals surface area (Å²) in [5.41, 5.74) is 6.03. The summed E-state index contributed by atoms with van der Waals surface area (Å²) in [6, 6.07) is 2.13. The minimum atomic E-state index is 0.477. The van der Waals surface area contributed by atoms with Gasteiger partial charge in [0.1, 0.15) is 0 Å². The second-order valence-corrected chi connectivity index (χ2v) is 7.55. The highest BCUT2D eigenvalue weighted by Gasteiger charge is 2.30. The van der Waals surface area contributed by atoms with Gasteiger partial charge in [0.15, 0.2) is 0 Å². The SMILES string of the molecule is CC(C)CC1CCCC(N(C)C2CCC(N)CC2)C1. The standard InChI is InChI=1S/C17H34N2/c1-13(2)11-14-5-4-6-17(12-14)19(3)16-9-7-15(18)8-10-16/h13-17H,4-12,18H2,1-3H3. The fourth-order valence-electron chi connectivity index (χ4n) is 4.32. The van der Waals surface area contributed by atoms with Crippen LogP contribution in [0.25, 0.3) is 0 Å². The highest BCUT2D eigenvalue weighted by Crippen LogP contribution is 2.34. The first kappa shape index (κ1) is 15.3. The van der Waals surface area contributed by atoms with Gasteiger partial charge >= 0.3 is 0 Å². The lowest BCUT2D eigenvalue weighted by atomic mass is 9.79. The van der Waals surface area contributed by atoms with E-state index in [0.29, 0.717) is 6.04 Å². The average molecular weight is 266 g/mol. The minimum Gasteiger partial charge on any atom is -0.328 e. The van der Waals surface area contributed by atoms with E-state index in [4.69, 9.17) is 5.73 Å². The van der Waals surface area contributed by atoms with Gasteiger partial charge in [-0.25, -0.2) is 0 Å². The van der Waals surface area contributed by atoms with E-state index in [1.807, 2.05) is 0 Å². The van der Waals surface area contributed by atoms with Crippen LogP contribution in [0.15, 0.2) is 0 Å². The molecule has 0 heterocycles. The molecule has 2 N–H and O–H groups in total. The second kappa shape index (κ2) is 7.08. The van der Waals surface area contributed by atoms with Crippen LogP contribution in [0.1, 0.15) is 71.6 Å². The van der Waals surface area contributed by atoms with Crippen molar-refractivity contribution < 1.29 is 0 Å². The molecule has 19 heavy (non-hydrogen) atoms. The number of rotatable bonds is 4. The fraction of sp³-hybridized carbons (Fsp3) is 1.00. The Morgan fingerprint density at radius 1 is 1.00 bits per heavy atom.